The second kappa shape index (κ2) is 24.2. The number of benzene rings is 1. The molecule has 0 aliphatic rings. The fraction of sp³-hybridized carbons (Fsp3) is 0.304. The average Bonchev–Trinajstić information content (AvgIpc) is 2.52. The third kappa shape index (κ3) is 40.5. The molecule has 1 aromatic rings. The summed E-state index contributed by atoms with van der Waals surface area (Å²) in [6, 6.07) is 6.75. The summed E-state index contributed by atoms with van der Waals surface area (Å²) in [4.78, 5) is 40.2. The van der Waals surface area contributed by atoms with E-state index in [2.05, 4.69) is 0 Å². The van der Waals surface area contributed by atoms with Crippen molar-refractivity contribution in [2.75, 3.05) is 0 Å². The molecular weight excluding hydrogens is 535 g/mol. The van der Waals surface area contributed by atoms with Gasteiger partial charge in [0.15, 0.2) is 17.3 Å². The van der Waals surface area contributed by atoms with Crippen molar-refractivity contribution in [2.24, 2.45) is 0 Å². The molecule has 0 saturated heterocycles. The minimum atomic E-state index is -0.875. The predicted octanol–water partition coefficient (Wildman–Crippen LogP) is 1.21. The fourth-order valence-corrected chi connectivity index (χ4v) is 1.55. The van der Waals surface area contributed by atoms with Crippen molar-refractivity contribution in [3.63, 3.8) is 0 Å². The Balaban J connectivity index is -0.000000105. The van der Waals surface area contributed by atoms with E-state index in [-0.39, 0.29) is 73.6 Å². The third-order valence-corrected chi connectivity index (χ3v) is 2.52. The van der Waals surface area contributed by atoms with Gasteiger partial charge in [-0.1, -0.05) is 38.5 Å². The zero-order valence-corrected chi connectivity index (χ0v) is 26.2. The summed E-state index contributed by atoms with van der Waals surface area (Å²) < 4.78 is 0. The van der Waals surface area contributed by atoms with Gasteiger partial charge in [-0.05, 0) is 58.1 Å². The Morgan fingerprint density at radius 3 is 1.03 bits per heavy atom. The number of hydrogen-bond donors (Lipinski definition) is 1. The maximum Gasteiger partial charge on any atom is 2.00 e. The van der Waals surface area contributed by atoms with E-state index < -0.39 is 5.97 Å². The molecule has 0 heterocycles. The first-order valence-electron chi connectivity index (χ1n) is 8.96. The summed E-state index contributed by atoms with van der Waals surface area (Å²) in [6.45, 7) is 10.0. The summed E-state index contributed by atoms with van der Waals surface area (Å²) in [5, 5.41) is 38.4. The molecule has 0 aromatic heterocycles. The fourth-order valence-electron chi connectivity index (χ4n) is 1.55. The van der Waals surface area contributed by atoms with E-state index in [1.54, 1.807) is 24.3 Å². The van der Waals surface area contributed by atoms with Crippen LogP contribution >= 0.6 is 0 Å². The number of carboxylic acid groups (broad SMARTS) is 1. The molecule has 0 bridgehead atoms. The molecule has 0 fully saturated rings. The van der Waals surface area contributed by atoms with E-state index in [0.29, 0.717) is 5.56 Å². The van der Waals surface area contributed by atoms with Crippen LogP contribution in [0.2, 0.25) is 0 Å². The van der Waals surface area contributed by atoms with Crippen molar-refractivity contribution in [3.05, 3.63) is 70.9 Å². The van der Waals surface area contributed by atoms with Gasteiger partial charge in [0.2, 0.25) is 0 Å². The van der Waals surface area contributed by atoms with Gasteiger partial charge in [0, 0.05) is 19.5 Å². The SMILES string of the molecule is CC(=O)/C=C(/C)[O-].CC(=O)/C=C(/C)[O-].CC(=O)/C=C(/C)[O-].Cc1ccc(C(=O)O)cc1.[Zn+2].[Zn]. The number of carboxylic acids is 1. The van der Waals surface area contributed by atoms with Crippen LogP contribution in [0.15, 0.2) is 59.8 Å². The molecule has 0 aliphatic carbocycles. The van der Waals surface area contributed by atoms with Crippen LogP contribution in [-0.2, 0) is 53.3 Å². The smallest absolute Gasteiger partial charge is 0.876 e. The maximum absolute atomic E-state index is 10.3. The van der Waals surface area contributed by atoms with Crippen molar-refractivity contribution < 1.29 is 78.6 Å². The molecule has 0 radical (unpaired) electrons. The molecule has 0 unspecified atom stereocenters. The van der Waals surface area contributed by atoms with Crippen LogP contribution in [0.25, 0.3) is 0 Å². The van der Waals surface area contributed by atoms with Crippen molar-refractivity contribution in [3.8, 4) is 0 Å². The minimum absolute atomic E-state index is 0. The number of ketones is 3. The predicted molar refractivity (Wildman–Crippen MR) is 111 cm³/mol. The molecule has 33 heavy (non-hydrogen) atoms. The van der Waals surface area contributed by atoms with E-state index in [1.165, 1.54) is 41.5 Å². The zero-order valence-electron chi connectivity index (χ0n) is 20.3. The first-order chi connectivity index (χ1) is 14.1. The van der Waals surface area contributed by atoms with Crippen LogP contribution in [-0.4, -0.2) is 28.4 Å². The van der Waals surface area contributed by atoms with E-state index in [9.17, 15) is 34.5 Å². The van der Waals surface area contributed by atoms with E-state index in [1.807, 2.05) is 6.92 Å². The van der Waals surface area contributed by atoms with Gasteiger partial charge in [-0.15, -0.1) is 17.3 Å². The van der Waals surface area contributed by atoms with Gasteiger partial charge in [-0.25, -0.2) is 4.79 Å². The summed E-state index contributed by atoms with van der Waals surface area (Å²) in [6.07, 6.45) is 3.17. The van der Waals surface area contributed by atoms with E-state index >= 15 is 0 Å². The van der Waals surface area contributed by atoms with Crippen molar-refractivity contribution in [2.45, 2.75) is 48.5 Å². The van der Waals surface area contributed by atoms with Crippen LogP contribution in [0.4, 0.5) is 0 Å². The Kier molecular flexibility index (Phi) is 30.0. The number of carbonyl (C=O) groups is 4. The normalized spacial score (nSPS) is 10.1. The Morgan fingerprint density at radius 2 is 0.909 bits per heavy atom. The quantitative estimate of drug-likeness (QED) is 0.325. The molecular formula is C23H29O8Zn2-. The standard InChI is InChI=1S/C8H8O2.3C5H8O2.2Zn/c1-6-2-4-7(5-3-6)8(9)10;3*1-4(6)3-5(2)7;;/h2-5H,1H3,(H,9,10);3*3,6H,1-2H3;;/q;;;;;+2/p-3/b;3*4-3-;;. The largest absolute Gasteiger partial charge is 2.00 e. The van der Waals surface area contributed by atoms with Crippen LogP contribution < -0.4 is 15.3 Å². The molecule has 1 aromatic carbocycles. The molecule has 1 rings (SSSR count). The Bertz CT molecular complexity index is 745. The molecule has 0 spiro atoms. The van der Waals surface area contributed by atoms with Gasteiger partial charge < -0.3 is 20.4 Å². The Hall–Kier alpha value is -2.43. The first kappa shape index (κ1) is 40.9. The number of carbonyl (C=O) groups excluding carboxylic acids is 3. The van der Waals surface area contributed by atoms with Gasteiger partial charge in [-0.2, -0.15) is 0 Å². The van der Waals surface area contributed by atoms with Crippen molar-refractivity contribution in [1.29, 1.82) is 0 Å². The minimum Gasteiger partial charge on any atom is -0.876 e. The molecule has 1 N–H and O–H groups in total. The maximum atomic E-state index is 10.3. The van der Waals surface area contributed by atoms with Crippen LogP contribution in [0.3, 0.4) is 0 Å². The second-order valence-corrected chi connectivity index (χ2v) is 6.27. The molecule has 0 amide bonds. The average molecular weight is 564 g/mol. The van der Waals surface area contributed by atoms with Gasteiger partial charge in [0.1, 0.15) is 0 Å². The molecule has 0 aliphatic heterocycles. The van der Waals surface area contributed by atoms with E-state index in [0.717, 1.165) is 23.8 Å². The summed E-state index contributed by atoms with van der Waals surface area (Å²) >= 11 is 0. The van der Waals surface area contributed by atoms with Crippen LogP contribution in [0.5, 0.6) is 0 Å². The molecule has 0 saturated carbocycles. The number of aromatic carboxylic acids is 1. The Morgan fingerprint density at radius 1 is 0.667 bits per heavy atom. The van der Waals surface area contributed by atoms with Crippen molar-refractivity contribution >= 4 is 23.3 Å². The summed E-state index contributed by atoms with van der Waals surface area (Å²) in [5.74, 6) is -2.00. The van der Waals surface area contributed by atoms with Crippen LogP contribution in [0, 0.1) is 6.92 Å². The van der Waals surface area contributed by atoms with Gasteiger partial charge in [0.25, 0.3) is 0 Å². The van der Waals surface area contributed by atoms with Crippen molar-refractivity contribution in [1.82, 2.24) is 0 Å². The monoisotopic (exact) mass is 561 g/mol. The topological polar surface area (TPSA) is 158 Å². The number of rotatable bonds is 4. The number of aryl methyl sites for hydroxylation is 1. The molecule has 10 heteroatoms. The first-order valence-corrected chi connectivity index (χ1v) is 8.96. The van der Waals surface area contributed by atoms with Gasteiger partial charge in [0.05, 0.1) is 5.56 Å². The third-order valence-electron chi connectivity index (χ3n) is 2.52. The molecule has 174 valence electrons. The molecule has 0 atom stereocenters. The summed E-state index contributed by atoms with van der Waals surface area (Å²) in [7, 11) is 0. The second-order valence-electron chi connectivity index (χ2n) is 6.27. The van der Waals surface area contributed by atoms with Crippen LogP contribution in [0.1, 0.15) is 57.5 Å². The number of hydrogen-bond acceptors (Lipinski definition) is 7. The van der Waals surface area contributed by atoms with Gasteiger partial charge >= 0.3 is 25.4 Å². The van der Waals surface area contributed by atoms with Gasteiger partial charge in [-0.3, -0.25) is 14.4 Å². The summed E-state index contributed by atoms with van der Waals surface area (Å²) in [5.41, 5.74) is 1.41. The Labute approximate surface area is 220 Å². The molecule has 8 nitrogen and oxygen atoms in total. The number of allylic oxidation sites excluding steroid dienone is 6. The van der Waals surface area contributed by atoms with E-state index in [4.69, 9.17) is 5.11 Å². The zero-order chi connectivity index (χ0) is 25.1.